The van der Waals surface area contributed by atoms with Crippen LogP contribution in [0.2, 0.25) is 0 Å². The van der Waals surface area contributed by atoms with Crippen molar-refractivity contribution < 1.29 is 23.5 Å². The predicted octanol–water partition coefficient (Wildman–Crippen LogP) is 3.49. The molecule has 2 heterocycles. The Balaban J connectivity index is 2.06. The number of aliphatic hydroxyl groups excluding tert-OH is 1. The number of ketones is 1. The molecule has 0 unspecified atom stereocenters. The van der Waals surface area contributed by atoms with Gasteiger partial charge in [-0.25, -0.2) is 4.39 Å². The molecule has 1 aliphatic rings. The van der Waals surface area contributed by atoms with Gasteiger partial charge in [-0.2, -0.15) is 0 Å². The standard InChI is InChI=1S/C22H25FN2O4/c1-4-24(5-2)12-13-25-19(17-11-6-14(3)29-17)18(21(27)22(25)28)20(26)15-7-9-16(23)10-8-15/h6-11,19,26H,4-5,12-13H2,1-3H3/b20-18+/t19-/m0/s1. The summed E-state index contributed by atoms with van der Waals surface area (Å²) in [5, 5.41) is 10.8. The first-order valence-corrected chi connectivity index (χ1v) is 9.70. The van der Waals surface area contributed by atoms with Crippen molar-refractivity contribution in [3.8, 4) is 0 Å². The van der Waals surface area contributed by atoms with Crippen molar-refractivity contribution in [1.82, 2.24) is 9.80 Å². The van der Waals surface area contributed by atoms with Gasteiger partial charge in [0, 0.05) is 18.7 Å². The number of benzene rings is 1. The SMILES string of the molecule is CCN(CC)CCN1C(=O)C(=O)/C(=C(/O)c2ccc(F)cc2)[C@@H]1c1ccc(C)o1. The van der Waals surface area contributed by atoms with Gasteiger partial charge in [-0.05, 0) is 56.4 Å². The second kappa shape index (κ2) is 8.61. The number of aliphatic hydroxyl groups is 1. The van der Waals surface area contributed by atoms with Gasteiger partial charge in [0.15, 0.2) is 0 Å². The Morgan fingerprint density at radius 2 is 1.79 bits per heavy atom. The lowest BCUT2D eigenvalue weighted by atomic mass is 9.99. The van der Waals surface area contributed by atoms with Crippen molar-refractivity contribution in [3.05, 3.63) is 64.9 Å². The summed E-state index contributed by atoms with van der Waals surface area (Å²) >= 11 is 0. The predicted molar refractivity (Wildman–Crippen MR) is 107 cm³/mol. The molecule has 0 saturated carbocycles. The van der Waals surface area contributed by atoms with Crippen molar-refractivity contribution in [2.24, 2.45) is 0 Å². The number of rotatable bonds is 7. The van der Waals surface area contributed by atoms with E-state index in [0.717, 1.165) is 13.1 Å². The molecule has 1 atom stereocenters. The molecule has 0 aliphatic carbocycles. The Morgan fingerprint density at radius 3 is 2.34 bits per heavy atom. The van der Waals surface area contributed by atoms with Crippen molar-refractivity contribution in [1.29, 1.82) is 0 Å². The summed E-state index contributed by atoms with van der Waals surface area (Å²) in [6.07, 6.45) is 0. The maximum absolute atomic E-state index is 13.3. The quantitative estimate of drug-likeness (QED) is 0.438. The number of likely N-dealkylation sites (tertiary alicyclic amines) is 1. The van der Waals surface area contributed by atoms with Gasteiger partial charge in [-0.3, -0.25) is 9.59 Å². The third-order valence-corrected chi connectivity index (χ3v) is 5.24. The van der Waals surface area contributed by atoms with Crippen LogP contribution in [0.25, 0.3) is 5.76 Å². The molecule has 0 bridgehead atoms. The topological polar surface area (TPSA) is 74.0 Å². The van der Waals surface area contributed by atoms with Gasteiger partial charge in [0.2, 0.25) is 0 Å². The van der Waals surface area contributed by atoms with Crippen LogP contribution in [0.4, 0.5) is 4.39 Å². The largest absolute Gasteiger partial charge is 0.507 e. The lowest BCUT2D eigenvalue weighted by Gasteiger charge is -2.26. The minimum absolute atomic E-state index is 0.0458. The third kappa shape index (κ3) is 4.10. The van der Waals surface area contributed by atoms with Crippen LogP contribution in [0.5, 0.6) is 0 Å². The van der Waals surface area contributed by atoms with E-state index in [1.54, 1.807) is 19.1 Å². The minimum Gasteiger partial charge on any atom is -0.507 e. The van der Waals surface area contributed by atoms with E-state index in [1.807, 2.05) is 13.8 Å². The van der Waals surface area contributed by atoms with E-state index in [-0.39, 0.29) is 16.9 Å². The highest BCUT2D eigenvalue weighted by molar-refractivity contribution is 6.46. The number of carbonyl (C=O) groups excluding carboxylic acids is 2. The summed E-state index contributed by atoms with van der Waals surface area (Å²) in [6.45, 7) is 8.37. The number of nitrogens with zero attached hydrogens (tertiary/aromatic N) is 2. The Bertz CT molecular complexity index is 929. The second-order valence-electron chi connectivity index (χ2n) is 6.97. The van der Waals surface area contributed by atoms with Crippen LogP contribution < -0.4 is 0 Å². The number of hydrogen-bond acceptors (Lipinski definition) is 5. The summed E-state index contributed by atoms with van der Waals surface area (Å²) in [4.78, 5) is 29.2. The van der Waals surface area contributed by atoms with Gasteiger partial charge in [-0.15, -0.1) is 0 Å². The number of carbonyl (C=O) groups is 2. The van der Waals surface area contributed by atoms with E-state index in [9.17, 15) is 19.1 Å². The van der Waals surface area contributed by atoms with E-state index < -0.39 is 23.5 Å². The molecule has 154 valence electrons. The number of furan rings is 1. The zero-order chi connectivity index (χ0) is 21.1. The number of likely N-dealkylation sites (N-methyl/N-ethyl adjacent to an activating group) is 1. The number of hydrogen-bond donors (Lipinski definition) is 1. The molecule has 1 N–H and O–H groups in total. The Labute approximate surface area is 169 Å². The molecule has 0 spiro atoms. The van der Waals surface area contributed by atoms with Crippen molar-refractivity contribution in [3.63, 3.8) is 0 Å². The van der Waals surface area contributed by atoms with Gasteiger partial charge >= 0.3 is 0 Å². The normalized spacial score (nSPS) is 18.8. The summed E-state index contributed by atoms with van der Waals surface area (Å²) in [5.41, 5.74) is 0.219. The highest BCUT2D eigenvalue weighted by Gasteiger charge is 2.47. The fourth-order valence-electron chi connectivity index (χ4n) is 3.56. The molecular weight excluding hydrogens is 375 g/mol. The lowest BCUT2D eigenvalue weighted by molar-refractivity contribution is -0.140. The van der Waals surface area contributed by atoms with E-state index in [4.69, 9.17) is 4.42 Å². The van der Waals surface area contributed by atoms with Gasteiger partial charge in [-0.1, -0.05) is 13.8 Å². The van der Waals surface area contributed by atoms with Crippen LogP contribution in [0.3, 0.4) is 0 Å². The summed E-state index contributed by atoms with van der Waals surface area (Å²) < 4.78 is 19.0. The lowest BCUT2D eigenvalue weighted by Crippen LogP contribution is -2.37. The molecule has 1 amide bonds. The molecule has 1 fully saturated rings. The molecule has 1 aromatic heterocycles. The number of Topliss-reactive ketones (excluding diaryl/α,β-unsaturated/α-hetero) is 1. The summed E-state index contributed by atoms with van der Waals surface area (Å²) in [7, 11) is 0. The van der Waals surface area contributed by atoms with Crippen LogP contribution >= 0.6 is 0 Å². The fraction of sp³-hybridized carbons (Fsp3) is 0.364. The van der Waals surface area contributed by atoms with E-state index in [1.165, 1.54) is 29.2 Å². The maximum Gasteiger partial charge on any atom is 0.295 e. The number of amides is 1. The average molecular weight is 400 g/mol. The van der Waals surface area contributed by atoms with Gasteiger partial charge in [0.1, 0.15) is 29.1 Å². The number of aryl methyl sites for hydroxylation is 1. The van der Waals surface area contributed by atoms with E-state index in [0.29, 0.717) is 24.6 Å². The Hall–Kier alpha value is -2.93. The zero-order valence-corrected chi connectivity index (χ0v) is 16.8. The van der Waals surface area contributed by atoms with E-state index in [2.05, 4.69) is 4.90 Å². The molecule has 1 aromatic carbocycles. The smallest absolute Gasteiger partial charge is 0.295 e. The Morgan fingerprint density at radius 1 is 1.14 bits per heavy atom. The molecule has 1 saturated heterocycles. The minimum atomic E-state index is -0.829. The number of halogens is 1. The van der Waals surface area contributed by atoms with Gasteiger partial charge in [0.05, 0.1) is 5.57 Å². The molecule has 0 radical (unpaired) electrons. The molecule has 1 aliphatic heterocycles. The first kappa shape index (κ1) is 20.8. The zero-order valence-electron chi connectivity index (χ0n) is 16.8. The molecule has 29 heavy (non-hydrogen) atoms. The molecule has 6 nitrogen and oxygen atoms in total. The summed E-state index contributed by atoms with van der Waals surface area (Å²) in [5.74, 6) is -1.21. The van der Waals surface area contributed by atoms with Crippen LogP contribution in [-0.4, -0.2) is 52.8 Å². The molecule has 2 aromatic rings. The molecule has 3 rings (SSSR count). The van der Waals surface area contributed by atoms with Crippen molar-refractivity contribution in [2.75, 3.05) is 26.2 Å². The highest BCUT2D eigenvalue weighted by atomic mass is 19.1. The maximum atomic E-state index is 13.3. The van der Waals surface area contributed by atoms with E-state index >= 15 is 0 Å². The Kier molecular flexibility index (Phi) is 6.17. The van der Waals surface area contributed by atoms with Crippen LogP contribution in [0.15, 0.2) is 46.4 Å². The second-order valence-corrected chi connectivity index (χ2v) is 6.97. The monoisotopic (exact) mass is 400 g/mol. The molecule has 7 heteroatoms. The van der Waals surface area contributed by atoms with Crippen molar-refractivity contribution >= 4 is 17.4 Å². The highest BCUT2D eigenvalue weighted by Crippen LogP contribution is 2.39. The van der Waals surface area contributed by atoms with Crippen LogP contribution in [0, 0.1) is 12.7 Å². The third-order valence-electron chi connectivity index (χ3n) is 5.24. The van der Waals surface area contributed by atoms with Gasteiger partial charge in [0.25, 0.3) is 11.7 Å². The van der Waals surface area contributed by atoms with Crippen molar-refractivity contribution in [2.45, 2.75) is 26.8 Å². The molecular formula is C22H25FN2O4. The average Bonchev–Trinajstić information content (AvgIpc) is 3.24. The fourth-order valence-corrected chi connectivity index (χ4v) is 3.56. The van der Waals surface area contributed by atoms with Crippen LogP contribution in [0.1, 0.15) is 37.0 Å². The summed E-state index contributed by atoms with van der Waals surface area (Å²) in [6, 6.07) is 7.75. The van der Waals surface area contributed by atoms with Crippen LogP contribution in [-0.2, 0) is 9.59 Å². The first-order chi connectivity index (χ1) is 13.9. The first-order valence-electron chi connectivity index (χ1n) is 9.70. The van der Waals surface area contributed by atoms with Gasteiger partial charge < -0.3 is 19.3 Å².